The van der Waals surface area contributed by atoms with Gasteiger partial charge >= 0.3 is 0 Å². The van der Waals surface area contributed by atoms with Crippen molar-refractivity contribution in [1.29, 1.82) is 0 Å². The SMILES string of the molecule is Cc1ccc(N(c2ccc(C)cc2)c2cc3c4c(c2)C2(c5ccccc5Oc5ccccc52)c2cc(N(c5ccc(C)cc5)c5ccc(C)cc5)cc(c2-4)-c2ccccc2-c2ccccc2-3)cc1. The Hall–Kier alpha value is -8.40. The first-order valence-corrected chi connectivity index (χ1v) is 23.7. The van der Waals surface area contributed by atoms with Crippen molar-refractivity contribution in [3.63, 3.8) is 0 Å². The lowest BCUT2D eigenvalue weighted by Gasteiger charge is -2.40. The maximum Gasteiger partial charge on any atom is 0.132 e. The Bertz CT molecular complexity index is 3290. The molecule has 1 heterocycles. The lowest BCUT2D eigenvalue weighted by Crippen LogP contribution is -2.32. The summed E-state index contributed by atoms with van der Waals surface area (Å²) in [7, 11) is 0. The van der Waals surface area contributed by atoms with E-state index < -0.39 is 5.41 Å². The van der Waals surface area contributed by atoms with Gasteiger partial charge in [-0.25, -0.2) is 0 Å². The molecule has 13 rings (SSSR count). The number of rotatable bonds is 6. The van der Waals surface area contributed by atoms with E-state index in [-0.39, 0.29) is 0 Å². The average molecular weight is 873 g/mol. The number of aryl methyl sites for hydroxylation is 4. The van der Waals surface area contributed by atoms with Crippen LogP contribution in [-0.2, 0) is 5.41 Å². The summed E-state index contributed by atoms with van der Waals surface area (Å²) < 4.78 is 6.99. The molecule has 68 heavy (non-hydrogen) atoms. The van der Waals surface area contributed by atoms with E-state index in [2.05, 4.69) is 256 Å². The minimum absolute atomic E-state index is 0.793. The summed E-state index contributed by atoms with van der Waals surface area (Å²) in [6, 6.07) is 81.4. The molecule has 0 unspecified atom stereocenters. The largest absolute Gasteiger partial charge is 0.457 e. The van der Waals surface area contributed by atoms with Gasteiger partial charge in [-0.1, -0.05) is 156 Å². The number of fused-ring (bicyclic) bond motifs is 11. The summed E-state index contributed by atoms with van der Waals surface area (Å²) in [5.41, 5.74) is 25.1. The van der Waals surface area contributed by atoms with Crippen molar-refractivity contribution in [2.24, 2.45) is 0 Å². The topological polar surface area (TPSA) is 15.7 Å². The lowest BCUT2D eigenvalue weighted by atomic mass is 9.65. The maximum atomic E-state index is 6.99. The van der Waals surface area contributed by atoms with Crippen LogP contribution >= 0.6 is 0 Å². The van der Waals surface area contributed by atoms with Crippen molar-refractivity contribution in [3.8, 4) is 56.0 Å². The number of hydrogen-bond acceptors (Lipinski definition) is 3. The second-order valence-electron chi connectivity index (χ2n) is 18.8. The Morgan fingerprint density at radius 1 is 0.279 bits per heavy atom. The molecule has 0 radical (unpaired) electrons. The molecule has 10 aromatic carbocycles. The van der Waals surface area contributed by atoms with Crippen molar-refractivity contribution in [2.45, 2.75) is 33.1 Å². The van der Waals surface area contributed by atoms with Gasteiger partial charge in [0.05, 0.1) is 5.41 Å². The van der Waals surface area contributed by atoms with Crippen LogP contribution in [0.15, 0.2) is 218 Å². The molecule has 0 fully saturated rings. The smallest absolute Gasteiger partial charge is 0.132 e. The average Bonchev–Trinajstić information content (AvgIpc) is 3.66. The van der Waals surface area contributed by atoms with Gasteiger partial charge in [-0.05, 0) is 168 Å². The van der Waals surface area contributed by atoms with E-state index in [1.165, 1.54) is 77.9 Å². The molecule has 1 aliphatic heterocycles. The van der Waals surface area contributed by atoms with Crippen LogP contribution in [-0.4, -0.2) is 0 Å². The van der Waals surface area contributed by atoms with Crippen LogP contribution in [0.2, 0.25) is 0 Å². The van der Waals surface area contributed by atoms with Gasteiger partial charge in [-0.2, -0.15) is 0 Å². The molecule has 0 aromatic heterocycles. The van der Waals surface area contributed by atoms with Gasteiger partial charge in [0.1, 0.15) is 11.5 Å². The number of anilines is 6. The van der Waals surface area contributed by atoms with Gasteiger partial charge in [0.15, 0.2) is 0 Å². The zero-order valence-electron chi connectivity index (χ0n) is 38.6. The normalized spacial score (nSPS) is 12.9. The minimum Gasteiger partial charge on any atom is -0.457 e. The van der Waals surface area contributed by atoms with Crippen molar-refractivity contribution >= 4 is 34.1 Å². The van der Waals surface area contributed by atoms with Gasteiger partial charge in [0.25, 0.3) is 0 Å². The van der Waals surface area contributed by atoms with E-state index in [0.29, 0.717) is 0 Å². The Kier molecular flexibility index (Phi) is 9.00. The fourth-order valence-corrected chi connectivity index (χ4v) is 11.4. The predicted molar refractivity (Wildman–Crippen MR) is 282 cm³/mol. The number of hydrogen-bond donors (Lipinski definition) is 0. The molecule has 0 N–H and O–H groups in total. The third kappa shape index (κ3) is 5.98. The molecule has 2 aliphatic carbocycles. The van der Waals surface area contributed by atoms with E-state index in [0.717, 1.165) is 56.8 Å². The van der Waals surface area contributed by atoms with E-state index >= 15 is 0 Å². The number of ether oxygens (including phenoxy) is 1. The summed E-state index contributed by atoms with van der Waals surface area (Å²) >= 11 is 0. The molecule has 0 saturated carbocycles. The highest BCUT2D eigenvalue weighted by Gasteiger charge is 2.53. The van der Waals surface area contributed by atoms with E-state index in [1.807, 2.05) is 0 Å². The molecule has 3 nitrogen and oxygen atoms in total. The number of benzene rings is 10. The number of para-hydroxylation sites is 2. The second-order valence-corrected chi connectivity index (χ2v) is 18.8. The maximum absolute atomic E-state index is 6.99. The highest BCUT2D eigenvalue weighted by Crippen LogP contribution is 2.67. The highest BCUT2D eigenvalue weighted by molar-refractivity contribution is 6.11. The molecular weight excluding hydrogens is 825 g/mol. The van der Waals surface area contributed by atoms with Crippen LogP contribution in [0.25, 0.3) is 44.5 Å². The summed E-state index contributed by atoms with van der Waals surface area (Å²) in [5.74, 6) is 1.73. The quantitative estimate of drug-likeness (QED) is 0.166. The Labute approximate surface area is 398 Å². The summed E-state index contributed by atoms with van der Waals surface area (Å²) in [4.78, 5) is 4.89. The summed E-state index contributed by atoms with van der Waals surface area (Å²) in [6.45, 7) is 8.64. The fourth-order valence-electron chi connectivity index (χ4n) is 11.4. The van der Waals surface area contributed by atoms with E-state index in [9.17, 15) is 0 Å². The molecular formula is C65H48N2O. The van der Waals surface area contributed by atoms with E-state index in [4.69, 9.17) is 4.74 Å². The molecule has 0 saturated heterocycles. The standard InChI is InChI=1S/C65H48N2O/c1-41-21-29-45(30-22-41)66(46-31-23-42(2)24-32-46)49-37-55-53-15-7-5-13-51(53)52-14-6-8-16-54(52)56-38-50(67(47-33-25-43(3)26-34-47)48-35-27-44(4)28-36-48)40-60-64(56)63(55)59(39-49)65(60)57-17-9-11-19-61(57)68-62-20-12-10-18-58(62)65/h5-40H,1-4H3. The van der Waals surface area contributed by atoms with Gasteiger partial charge in [-0.15, -0.1) is 0 Å². The van der Waals surface area contributed by atoms with Crippen molar-refractivity contribution in [3.05, 3.63) is 263 Å². The monoisotopic (exact) mass is 872 g/mol. The number of nitrogens with zero attached hydrogens (tertiary/aromatic N) is 2. The Balaban J connectivity index is 1.23. The predicted octanol–water partition coefficient (Wildman–Crippen LogP) is 17.6. The highest BCUT2D eigenvalue weighted by atomic mass is 16.5. The van der Waals surface area contributed by atoms with Gasteiger partial charge in [0, 0.05) is 45.3 Å². The van der Waals surface area contributed by atoms with Crippen LogP contribution in [0.1, 0.15) is 44.5 Å². The van der Waals surface area contributed by atoms with E-state index in [1.54, 1.807) is 0 Å². The fraction of sp³-hybridized carbons (Fsp3) is 0.0769. The van der Waals surface area contributed by atoms with Crippen LogP contribution in [0.3, 0.4) is 0 Å². The first kappa shape index (κ1) is 39.9. The van der Waals surface area contributed by atoms with Gasteiger partial charge in [-0.3, -0.25) is 0 Å². The third-order valence-electron chi connectivity index (χ3n) is 14.5. The summed E-state index contributed by atoms with van der Waals surface area (Å²) in [6.07, 6.45) is 0. The Morgan fingerprint density at radius 2 is 0.574 bits per heavy atom. The van der Waals surface area contributed by atoms with Crippen LogP contribution in [0.5, 0.6) is 11.5 Å². The zero-order valence-corrected chi connectivity index (χ0v) is 38.6. The van der Waals surface area contributed by atoms with Gasteiger partial charge in [0.2, 0.25) is 0 Å². The molecule has 3 aliphatic rings. The Morgan fingerprint density at radius 3 is 0.912 bits per heavy atom. The second kappa shape index (κ2) is 15.3. The molecule has 1 spiro atoms. The van der Waals surface area contributed by atoms with Crippen molar-refractivity contribution < 1.29 is 4.74 Å². The van der Waals surface area contributed by atoms with Crippen molar-refractivity contribution in [2.75, 3.05) is 9.80 Å². The minimum atomic E-state index is -0.793. The zero-order chi connectivity index (χ0) is 45.7. The molecule has 0 amide bonds. The molecule has 0 bridgehead atoms. The lowest BCUT2D eigenvalue weighted by molar-refractivity contribution is 0.436. The van der Waals surface area contributed by atoms with Crippen molar-refractivity contribution in [1.82, 2.24) is 0 Å². The van der Waals surface area contributed by atoms with Crippen LogP contribution in [0.4, 0.5) is 34.1 Å². The van der Waals surface area contributed by atoms with Crippen LogP contribution in [0, 0.1) is 27.7 Å². The van der Waals surface area contributed by atoms with Gasteiger partial charge < -0.3 is 14.5 Å². The third-order valence-corrected chi connectivity index (χ3v) is 14.5. The van der Waals surface area contributed by atoms with Crippen LogP contribution < -0.4 is 14.5 Å². The first-order valence-electron chi connectivity index (χ1n) is 23.7. The summed E-state index contributed by atoms with van der Waals surface area (Å²) in [5, 5.41) is 0. The molecule has 324 valence electrons. The molecule has 10 aromatic rings. The molecule has 3 heteroatoms. The molecule has 0 atom stereocenters. The first-order chi connectivity index (χ1) is 33.3.